The minimum Gasteiger partial charge on any atom is -0.299 e. The summed E-state index contributed by atoms with van der Waals surface area (Å²) < 4.78 is 2.37. The van der Waals surface area contributed by atoms with E-state index in [1.165, 1.54) is 50.6 Å². The lowest BCUT2D eigenvalue weighted by Crippen LogP contribution is -2.34. The van der Waals surface area contributed by atoms with Crippen LogP contribution in [0.5, 0.6) is 0 Å². The minimum absolute atomic E-state index is 0.634. The van der Waals surface area contributed by atoms with Crippen molar-refractivity contribution in [1.82, 2.24) is 4.90 Å². The Morgan fingerprint density at radius 1 is 1.35 bits per heavy atom. The number of aryl methyl sites for hydroxylation is 1. The number of hydrogen-bond acceptors (Lipinski definition) is 1. The molecule has 0 aromatic carbocycles. The fraction of sp³-hybridized carbons (Fsp3) is 0.611. The predicted octanol–water partition coefficient (Wildman–Crippen LogP) is 3.88. The first-order chi connectivity index (χ1) is 9.81. The number of aromatic nitrogens is 1. The smallest absolute Gasteiger partial charge is 0.173 e. The summed E-state index contributed by atoms with van der Waals surface area (Å²) in [4.78, 5) is 2.48. The summed E-state index contributed by atoms with van der Waals surface area (Å²) in [7, 11) is 2.24. The van der Waals surface area contributed by atoms with E-state index < -0.39 is 0 Å². The topological polar surface area (TPSA) is 7.12 Å². The van der Waals surface area contributed by atoms with Crippen molar-refractivity contribution in [3.05, 3.63) is 42.7 Å². The summed E-state index contributed by atoms with van der Waals surface area (Å²) in [5.41, 5.74) is 1.49. The zero-order valence-corrected chi connectivity index (χ0v) is 12.9. The standard InChI is InChI=1S/C18H29N2/c1-3-4-5-6-7-8-14-20-15-9-11-17(16-20)18-12-10-13-19(18)2/h3,9,11,15-16,18H,1,4-8,10,12-14H2,2H3/q+1/t18-/m0/s1. The minimum atomic E-state index is 0.634. The van der Waals surface area contributed by atoms with Crippen LogP contribution >= 0.6 is 0 Å². The quantitative estimate of drug-likeness (QED) is 0.396. The van der Waals surface area contributed by atoms with Crippen LogP contribution in [0.25, 0.3) is 0 Å². The Labute approximate surface area is 124 Å². The molecule has 1 fully saturated rings. The van der Waals surface area contributed by atoms with Gasteiger partial charge < -0.3 is 0 Å². The Morgan fingerprint density at radius 2 is 2.20 bits per heavy atom. The largest absolute Gasteiger partial charge is 0.299 e. The highest BCUT2D eigenvalue weighted by Gasteiger charge is 2.24. The van der Waals surface area contributed by atoms with Gasteiger partial charge in [0.2, 0.25) is 0 Å². The summed E-state index contributed by atoms with van der Waals surface area (Å²) in [6.45, 7) is 6.16. The van der Waals surface area contributed by atoms with Crippen LogP contribution in [0, 0.1) is 0 Å². The van der Waals surface area contributed by atoms with Gasteiger partial charge >= 0.3 is 0 Å². The molecule has 110 valence electrons. The van der Waals surface area contributed by atoms with Gasteiger partial charge in [0.15, 0.2) is 12.4 Å². The summed E-state index contributed by atoms with van der Waals surface area (Å²) in [5.74, 6) is 0. The van der Waals surface area contributed by atoms with E-state index >= 15 is 0 Å². The van der Waals surface area contributed by atoms with Gasteiger partial charge in [0.05, 0.1) is 0 Å². The first kappa shape index (κ1) is 15.2. The van der Waals surface area contributed by atoms with Gasteiger partial charge in [-0.1, -0.05) is 12.5 Å². The summed E-state index contributed by atoms with van der Waals surface area (Å²) in [6, 6.07) is 5.13. The summed E-state index contributed by atoms with van der Waals surface area (Å²) in [6.07, 6.45) is 15.6. The first-order valence-corrected chi connectivity index (χ1v) is 8.11. The number of allylic oxidation sites excluding steroid dienone is 1. The molecule has 0 bridgehead atoms. The molecule has 2 heteroatoms. The maximum atomic E-state index is 3.77. The monoisotopic (exact) mass is 273 g/mol. The normalized spacial score (nSPS) is 19.4. The zero-order valence-electron chi connectivity index (χ0n) is 12.9. The third-order valence-electron chi connectivity index (χ3n) is 4.36. The highest BCUT2D eigenvalue weighted by molar-refractivity contribution is 5.12. The van der Waals surface area contributed by atoms with E-state index in [-0.39, 0.29) is 0 Å². The van der Waals surface area contributed by atoms with Gasteiger partial charge in [-0.3, -0.25) is 4.90 Å². The van der Waals surface area contributed by atoms with E-state index in [1.54, 1.807) is 0 Å². The van der Waals surface area contributed by atoms with Crippen molar-refractivity contribution in [2.75, 3.05) is 13.6 Å². The van der Waals surface area contributed by atoms with Crippen molar-refractivity contribution in [3.63, 3.8) is 0 Å². The van der Waals surface area contributed by atoms with Gasteiger partial charge in [0.1, 0.15) is 6.54 Å². The van der Waals surface area contributed by atoms with Gasteiger partial charge in [0.25, 0.3) is 0 Å². The lowest BCUT2D eigenvalue weighted by Gasteiger charge is -2.18. The molecule has 0 N–H and O–H groups in total. The second kappa shape index (κ2) is 8.21. The molecule has 1 saturated heterocycles. The molecule has 2 rings (SSSR count). The molecule has 0 unspecified atom stereocenters. The van der Waals surface area contributed by atoms with Crippen LogP contribution in [0.4, 0.5) is 0 Å². The lowest BCUT2D eigenvalue weighted by atomic mass is 10.1. The molecule has 0 aliphatic carbocycles. The van der Waals surface area contributed by atoms with E-state index in [4.69, 9.17) is 0 Å². The molecule has 1 aromatic heterocycles. The van der Waals surface area contributed by atoms with Crippen molar-refractivity contribution in [1.29, 1.82) is 0 Å². The molecule has 2 heterocycles. The van der Waals surface area contributed by atoms with E-state index in [1.807, 2.05) is 6.08 Å². The molecule has 0 saturated carbocycles. The Balaban J connectivity index is 1.79. The van der Waals surface area contributed by atoms with Gasteiger partial charge in [-0.2, -0.15) is 0 Å². The van der Waals surface area contributed by atoms with Crippen LogP contribution < -0.4 is 4.57 Å². The number of unbranched alkanes of at least 4 members (excludes halogenated alkanes) is 4. The molecule has 2 nitrogen and oxygen atoms in total. The van der Waals surface area contributed by atoms with Gasteiger partial charge in [-0.05, 0) is 51.8 Å². The fourth-order valence-electron chi connectivity index (χ4n) is 3.15. The Hall–Kier alpha value is -1.15. The van der Waals surface area contributed by atoms with Crippen molar-refractivity contribution in [2.45, 2.75) is 57.5 Å². The molecule has 0 radical (unpaired) electrons. The summed E-state index contributed by atoms with van der Waals surface area (Å²) in [5, 5.41) is 0. The molecular formula is C18H29N2+. The van der Waals surface area contributed by atoms with Crippen LogP contribution in [-0.4, -0.2) is 18.5 Å². The molecule has 1 atom stereocenters. The van der Waals surface area contributed by atoms with E-state index in [9.17, 15) is 0 Å². The second-order valence-electron chi connectivity index (χ2n) is 6.01. The molecule has 0 amide bonds. The van der Waals surface area contributed by atoms with E-state index in [0.29, 0.717) is 6.04 Å². The van der Waals surface area contributed by atoms with E-state index in [0.717, 1.165) is 13.0 Å². The highest BCUT2D eigenvalue weighted by Crippen LogP contribution is 2.29. The Morgan fingerprint density at radius 3 is 2.95 bits per heavy atom. The van der Waals surface area contributed by atoms with Crippen molar-refractivity contribution in [2.24, 2.45) is 0 Å². The first-order valence-electron chi connectivity index (χ1n) is 8.11. The molecule has 1 aliphatic rings. The number of nitrogens with zero attached hydrogens (tertiary/aromatic N) is 2. The molecule has 1 aromatic rings. The predicted molar refractivity (Wildman–Crippen MR) is 84.5 cm³/mol. The molecule has 1 aliphatic heterocycles. The zero-order chi connectivity index (χ0) is 14.2. The van der Waals surface area contributed by atoms with E-state index in [2.05, 4.69) is 47.6 Å². The molecule has 20 heavy (non-hydrogen) atoms. The SMILES string of the molecule is C=CCCCCCC[n+]1cccc([C@@H]2CCCN2C)c1. The van der Waals surface area contributed by atoms with Crippen LogP contribution in [0.2, 0.25) is 0 Å². The third-order valence-corrected chi connectivity index (χ3v) is 4.36. The van der Waals surface area contributed by atoms with Crippen LogP contribution in [0.1, 0.15) is 56.6 Å². The molecule has 0 spiro atoms. The maximum absolute atomic E-state index is 3.77. The van der Waals surface area contributed by atoms with Crippen LogP contribution in [-0.2, 0) is 6.54 Å². The van der Waals surface area contributed by atoms with Gasteiger partial charge in [0, 0.05) is 24.1 Å². The van der Waals surface area contributed by atoms with Crippen LogP contribution in [0.3, 0.4) is 0 Å². The van der Waals surface area contributed by atoms with Crippen molar-refractivity contribution in [3.8, 4) is 0 Å². The second-order valence-corrected chi connectivity index (χ2v) is 6.01. The lowest BCUT2D eigenvalue weighted by molar-refractivity contribution is -0.697. The van der Waals surface area contributed by atoms with Crippen molar-refractivity contribution < 1.29 is 4.57 Å². The number of rotatable bonds is 8. The highest BCUT2D eigenvalue weighted by atomic mass is 15.1. The molecular weight excluding hydrogens is 244 g/mol. The van der Waals surface area contributed by atoms with Gasteiger partial charge in [-0.15, -0.1) is 6.58 Å². The summed E-state index contributed by atoms with van der Waals surface area (Å²) >= 11 is 0. The average molecular weight is 273 g/mol. The van der Waals surface area contributed by atoms with Crippen molar-refractivity contribution >= 4 is 0 Å². The number of hydrogen-bond donors (Lipinski definition) is 0. The average Bonchev–Trinajstić information content (AvgIpc) is 2.89. The maximum Gasteiger partial charge on any atom is 0.173 e. The van der Waals surface area contributed by atoms with Gasteiger partial charge in [-0.25, -0.2) is 4.57 Å². The Kier molecular flexibility index (Phi) is 6.25. The third kappa shape index (κ3) is 4.45. The fourth-order valence-corrected chi connectivity index (χ4v) is 3.15. The van der Waals surface area contributed by atoms with Crippen LogP contribution in [0.15, 0.2) is 37.2 Å². The number of pyridine rings is 1. The Bertz CT molecular complexity index is 414. The number of likely N-dealkylation sites (tertiary alicyclic amines) is 1.